The lowest BCUT2D eigenvalue weighted by molar-refractivity contribution is -0.702. The molecule has 0 aliphatic rings. The number of halogens is 1. The summed E-state index contributed by atoms with van der Waals surface area (Å²) in [6.45, 7) is 0. The Kier molecular flexibility index (Phi) is 1.83. The van der Waals surface area contributed by atoms with Gasteiger partial charge in [-0.3, -0.25) is 0 Å². The predicted octanol–water partition coefficient (Wildman–Crippen LogP) is 0.505. The van der Waals surface area contributed by atoms with Crippen molar-refractivity contribution in [3.05, 3.63) is 10.1 Å². The van der Waals surface area contributed by atoms with Crippen molar-refractivity contribution in [3.8, 4) is 0 Å². The Morgan fingerprint density at radius 1 is 2.00 bits per heavy atom. The van der Waals surface area contributed by atoms with Crippen LogP contribution in [-0.4, -0.2) is 5.09 Å². The highest BCUT2D eigenvalue weighted by Gasteiger charge is 1.80. The van der Waals surface area contributed by atoms with Gasteiger partial charge in [-0.2, -0.15) is 0 Å². The molecule has 0 aliphatic heterocycles. The van der Waals surface area contributed by atoms with Crippen LogP contribution < -0.4 is 0 Å². The molecule has 0 spiro atoms. The van der Waals surface area contributed by atoms with Gasteiger partial charge in [-0.1, -0.05) is 0 Å². The second-order valence-corrected chi connectivity index (χ2v) is 0.582. The molecule has 0 radical (unpaired) electrons. The second kappa shape index (κ2) is 1.95. The highest BCUT2D eigenvalue weighted by Crippen LogP contribution is 1.79. The van der Waals surface area contributed by atoms with Gasteiger partial charge in [0.2, 0.25) is 0 Å². The summed E-state index contributed by atoms with van der Waals surface area (Å²) in [5, 5.41) is 7.95. The van der Waals surface area contributed by atoms with Crippen LogP contribution in [0.3, 0.4) is 0 Å². The topological polar surface area (TPSA) is 52.4 Å². The molecular weight excluding hydrogens is 142 g/mol. The molecular formula is BrNO3. The van der Waals surface area contributed by atoms with Crippen LogP contribution in [0.5, 0.6) is 0 Å². The molecule has 0 bridgehead atoms. The Morgan fingerprint density at radius 2 is 2.20 bits per heavy atom. The molecule has 0 aromatic rings. The van der Waals surface area contributed by atoms with Crippen molar-refractivity contribution in [2.75, 3.05) is 0 Å². The van der Waals surface area contributed by atoms with Crippen molar-refractivity contribution in [1.29, 1.82) is 0 Å². The van der Waals surface area contributed by atoms with Gasteiger partial charge >= 0.3 is 5.09 Å². The zero-order chi connectivity index (χ0) is 4.28. The molecule has 0 amide bonds. The van der Waals surface area contributed by atoms with E-state index in [1.165, 1.54) is 0 Å². The standard InChI is InChI=1S/BrNO3/c1-5-2(3)4. The molecule has 0 aliphatic carbocycles. The van der Waals surface area contributed by atoms with Crippen LogP contribution in [-0.2, 0) is 3.93 Å². The quantitative estimate of drug-likeness (QED) is 0.395. The number of rotatable bonds is 1. The normalized spacial score (nSPS) is 6.60. The summed E-state index contributed by atoms with van der Waals surface area (Å²) in [4.78, 5) is 8.90. The number of hydrogen-bond donors (Lipinski definition) is 0. The SMILES string of the molecule is O=[N+]([O-])OBr. The van der Waals surface area contributed by atoms with Crippen LogP contribution in [0.15, 0.2) is 0 Å². The third-order valence-corrected chi connectivity index (χ3v) is 0.293. The summed E-state index contributed by atoms with van der Waals surface area (Å²) < 4.78 is 3.28. The Hall–Kier alpha value is -0.320. The van der Waals surface area contributed by atoms with E-state index in [-0.39, 0.29) is 0 Å². The van der Waals surface area contributed by atoms with Gasteiger partial charge in [0.15, 0.2) is 0 Å². The first-order chi connectivity index (χ1) is 2.27. The lowest BCUT2D eigenvalue weighted by Crippen LogP contribution is -1.85. The molecule has 5 heavy (non-hydrogen) atoms. The van der Waals surface area contributed by atoms with Gasteiger partial charge in [0.25, 0.3) is 0 Å². The summed E-state index contributed by atoms with van der Waals surface area (Å²) in [5.41, 5.74) is 0. The molecule has 5 heteroatoms. The van der Waals surface area contributed by atoms with Gasteiger partial charge in [-0.25, -0.2) is 3.93 Å². The van der Waals surface area contributed by atoms with E-state index in [4.69, 9.17) is 10.1 Å². The second-order valence-electron chi connectivity index (χ2n) is 0.293. The summed E-state index contributed by atoms with van der Waals surface area (Å²) in [6.07, 6.45) is 0. The zero-order valence-corrected chi connectivity index (χ0v) is 3.64. The van der Waals surface area contributed by atoms with Crippen molar-refractivity contribution in [2.45, 2.75) is 0 Å². The molecule has 0 N–H and O–H groups in total. The fraction of sp³-hybridized carbons (Fsp3) is 0. The van der Waals surface area contributed by atoms with E-state index >= 15 is 0 Å². The molecule has 0 atom stereocenters. The van der Waals surface area contributed by atoms with E-state index in [1.807, 2.05) is 0 Å². The van der Waals surface area contributed by atoms with E-state index in [0.717, 1.165) is 0 Å². The van der Waals surface area contributed by atoms with Gasteiger partial charge in [0.05, 0.1) is 0 Å². The van der Waals surface area contributed by atoms with Crippen LogP contribution in [0.2, 0.25) is 0 Å². The molecule has 0 heterocycles. The van der Waals surface area contributed by atoms with E-state index in [1.54, 1.807) is 0 Å². The van der Waals surface area contributed by atoms with Crippen LogP contribution in [0.25, 0.3) is 0 Å². The lowest BCUT2D eigenvalue weighted by atomic mass is 13.1. The van der Waals surface area contributed by atoms with Crippen LogP contribution in [0.4, 0.5) is 0 Å². The van der Waals surface area contributed by atoms with Gasteiger partial charge in [0.1, 0.15) is 16.3 Å². The van der Waals surface area contributed by atoms with E-state index in [2.05, 4.69) is 20.2 Å². The van der Waals surface area contributed by atoms with Crippen LogP contribution in [0, 0.1) is 10.1 Å². The first-order valence-electron chi connectivity index (χ1n) is 0.702. The summed E-state index contributed by atoms with van der Waals surface area (Å²) in [5.74, 6) is 0. The predicted molar refractivity (Wildman–Crippen MR) is 17.0 cm³/mol. The smallest absolute Gasteiger partial charge is 0.235 e. The Bertz CT molecular complexity index is 42.2. The lowest BCUT2D eigenvalue weighted by Gasteiger charge is -1.71. The van der Waals surface area contributed by atoms with Crippen molar-refractivity contribution >= 4 is 16.3 Å². The minimum Gasteiger partial charge on any atom is -0.235 e. The molecule has 0 saturated heterocycles. The number of nitrogens with zero attached hydrogens (tertiary/aromatic N) is 1. The van der Waals surface area contributed by atoms with E-state index in [0.29, 0.717) is 0 Å². The van der Waals surface area contributed by atoms with Gasteiger partial charge in [0, 0.05) is 0 Å². The highest BCUT2D eigenvalue weighted by atomic mass is 79.9. The summed E-state index contributed by atoms with van der Waals surface area (Å²) >= 11 is 2.11. The molecule has 0 aromatic heterocycles. The first-order valence-corrected chi connectivity index (χ1v) is 1.35. The minimum absolute atomic E-state index is 0.958. The molecule has 0 aromatic carbocycles. The van der Waals surface area contributed by atoms with Gasteiger partial charge in [-0.15, -0.1) is 10.1 Å². The fourth-order valence-corrected chi connectivity index (χ4v) is 0. The van der Waals surface area contributed by atoms with Crippen molar-refractivity contribution in [2.24, 2.45) is 0 Å². The maximum absolute atomic E-state index is 8.90. The molecule has 30 valence electrons. The fourth-order valence-electron chi connectivity index (χ4n) is 0. The third-order valence-electron chi connectivity index (χ3n) is 0.0563. The maximum atomic E-state index is 8.90. The van der Waals surface area contributed by atoms with E-state index in [9.17, 15) is 0 Å². The minimum atomic E-state index is -0.958. The van der Waals surface area contributed by atoms with Crippen molar-refractivity contribution < 1.29 is 9.02 Å². The van der Waals surface area contributed by atoms with Gasteiger partial charge < -0.3 is 0 Å². The van der Waals surface area contributed by atoms with Gasteiger partial charge in [-0.05, 0) is 0 Å². The van der Waals surface area contributed by atoms with Crippen LogP contribution in [0.1, 0.15) is 0 Å². The summed E-state index contributed by atoms with van der Waals surface area (Å²) in [7, 11) is 0. The Balaban J connectivity index is 2.85. The molecule has 4 nitrogen and oxygen atoms in total. The third kappa shape index (κ3) is 3.68. The van der Waals surface area contributed by atoms with Crippen LogP contribution >= 0.6 is 16.3 Å². The average Bonchev–Trinajstić information content (AvgIpc) is 1.38. The maximum Gasteiger partial charge on any atom is 0.306 e. The highest BCUT2D eigenvalue weighted by molar-refractivity contribution is 9.05. The zero-order valence-electron chi connectivity index (χ0n) is 2.05. The van der Waals surface area contributed by atoms with Crippen molar-refractivity contribution in [3.63, 3.8) is 0 Å². The number of hydrogen-bond acceptors (Lipinski definition) is 3. The largest absolute Gasteiger partial charge is 0.306 e. The molecule has 0 rings (SSSR count). The molecule has 0 saturated carbocycles. The average molecular weight is 142 g/mol. The Labute approximate surface area is 36.3 Å². The monoisotopic (exact) mass is 141 g/mol. The van der Waals surface area contributed by atoms with Crippen molar-refractivity contribution in [1.82, 2.24) is 0 Å². The first kappa shape index (κ1) is 4.68. The van der Waals surface area contributed by atoms with E-state index < -0.39 is 5.09 Å². The molecule has 0 unspecified atom stereocenters. The Morgan fingerprint density at radius 3 is 2.20 bits per heavy atom. The molecule has 0 fully saturated rings. The summed E-state index contributed by atoms with van der Waals surface area (Å²) in [6, 6.07) is 0.